The molecule has 0 fully saturated rings. The smallest absolute Gasteiger partial charge is 0.391 e. The van der Waals surface area contributed by atoms with Gasteiger partial charge in [0.2, 0.25) is 0 Å². The van der Waals surface area contributed by atoms with Gasteiger partial charge in [-0.1, -0.05) is 18.2 Å². The van der Waals surface area contributed by atoms with E-state index in [-0.39, 0.29) is 0 Å². The molecule has 0 radical (unpaired) electrons. The normalized spacial score (nSPS) is 10.9. The molecule has 1 rings (SSSR count). The highest BCUT2D eigenvalue weighted by Crippen LogP contribution is 2.30. The van der Waals surface area contributed by atoms with Crippen LogP contribution >= 0.6 is 8.60 Å². The van der Waals surface area contributed by atoms with E-state index in [0.29, 0.717) is 5.75 Å². The molecule has 0 amide bonds. The van der Waals surface area contributed by atoms with Crippen LogP contribution in [-0.2, 0) is 0 Å². The average Bonchev–Trinajstić information content (AvgIpc) is 2.41. The number of aliphatic hydroxyl groups is 3. The molecule has 19 heavy (non-hydrogen) atoms. The van der Waals surface area contributed by atoms with Crippen molar-refractivity contribution in [1.82, 2.24) is 0 Å². The van der Waals surface area contributed by atoms with Crippen molar-refractivity contribution in [1.29, 1.82) is 0 Å². The van der Waals surface area contributed by atoms with Gasteiger partial charge < -0.3 is 35.4 Å². The quantitative estimate of drug-likeness (QED) is 0.393. The van der Waals surface area contributed by atoms with Gasteiger partial charge in [-0.25, -0.2) is 0 Å². The maximum Gasteiger partial charge on any atom is 0.391 e. The molecular formula is C11H20NO6P. The van der Waals surface area contributed by atoms with Crippen LogP contribution in [0.4, 0.5) is 0 Å². The van der Waals surface area contributed by atoms with Gasteiger partial charge in [0.15, 0.2) is 0 Å². The highest BCUT2D eigenvalue weighted by atomic mass is 31.2. The third-order valence-corrected chi connectivity index (χ3v) is 2.58. The second-order valence-corrected chi connectivity index (χ2v) is 4.63. The molecule has 1 aromatic rings. The molecule has 0 heterocycles. The molecule has 0 spiro atoms. The van der Waals surface area contributed by atoms with Gasteiger partial charge in [-0.3, -0.25) is 0 Å². The van der Waals surface area contributed by atoms with E-state index in [0.717, 1.165) is 5.56 Å². The van der Waals surface area contributed by atoms with Crippen LogP contribution in [0, 0.1) is 6.92 Å². The lowest BCUT2D eigenvalue weighted by Gasteiger charge is -2.20. The van der Waals surface area contributed by atoms with E-state index in [4.69, 9.17) is 35.4 Å². The summed E-state index contributed by atoms with van der Waals surface area (Å²) in [4.78, 5) is 17.1. The Balaban J connectivity index is 0.000000362. The van der Waals surface area contributed by atoms with E-state index < -0.39 is 34.0 Å². The Kier molecular flexibility index (Phi) is 8.79. The molecule has 7 nitrogen and oxygen atoms in total. The van der Waals surface area contributed by atoms with Crippen LogP contribution in [0.1, 0.15) is 5.56 Å². The first-order valence-corrected chi connectivity index (χ1v) is 6.58. The zero-order valence-electron chi connectivity index (χ0n) is 10.6. The number of aliphatic hydroxyl groups excluding tert-OH is 3. The van der Waals surface area contributed by atoms with Gasteiger partial charge in [0, 0.05) is 0 Å². The molecule has 0 saturated carbocycles. The number of aryl methyl sites for hydroxylation is 1. The molecule has 0 aliphatic heterocycles. The number of hydrogen-bond donors (Lipinski definition) is 6. The summed E-state index contributed by atoms with van der Waals surface area (Å²) in [5.41, 5.74) is 4.83. The molecule has 0 aliphatic carbocycles. The monoisotopic (exact) mass is 293 g/mol. The van der Waals surface area contributed by atoms with E-state index in [1.54, 1.807) is 12.1 Å². The van der Waals surface area contributed by atoms with E-state index >= 15 is 0 Å². The first-order chi connectivity index (χ1) is 8.88. The Morgan fingerprint density at radius 3 is 1.89 bits per heavy atom. The first-order valence-electron chi connectivity index (χ1n) is 5.41. The minimum atomic E-state index is -2.29. The molecule has 8 heteroatoms. The minimum absolute atomic E-state index is 0.403. The predicted octanol–water partition coefficient (Wildman–Crippen LogP) is -0.754. The van der Waals surface area contributed by atoms with Crippen LogP contribution in [0.15, 0.2) is 24.3 Å². The van der Waals surface area contributed by atoms with Crippen molar-refractivity contribution < 1.29 is 29.6 Å². The number of hydrogen-bond acceptors (Lipinski definition) is 7. The average molecular weight is 293 g/mol. The summed E-state index contributed by atoms with van der Waals surface area (Å²) in [6.07, 6.45) is 0. The summed E-state index contributed by atoms with van der Waals surface area (Å²) in [7, 11) is -2.29. The Hall–Kier alpha value is -0.790. The van der Waals surface area contributed by atoms with E-state index in [9.17, 15) is 0 Å². The molecule has 0 aliphatic rings. The van der Waals surface area contributed by atoms with Crippen molar-refractivity contribution >= 4 is 8.60 Å². The van der Waals surface area contributed by atoms with E-state index in [2.05, 4.69) is 0 Å². The fourth-order valence-corrected chi connectivity index (χ4v) is 1.28. The Bertz CT molecular complexity index is 351. The summed E-state index contributed by atoms with van der Waals surface area (Å²) in [6.45, 7) is 0.633. The van der Waals surface area contributed by atoms with Crippen LogP contribution in [-0.4, -0.2) is 50.5 Å². The lowest BCUT2D eigenvalue weighted by Crippen LogP contribution is -2.50. The van der Waals surface area contributed by atoms with Gasteiger partial charge in [-0.05, 0) is 18.6 Å². The number of nitrogens with two attached hydrogens (primary N) is 1. The number of para-hydroxylation sites is 1. The van der Waals surface area contributed by atoms with Crippen molar-refractivity contribution in [2.45, 2.75) is 12.5 Å². The summed E-state index contributed by atoms with van der Waals surface area (Å²) in [6, 6.07) is 7.17. The van der Waals surface area contributed by atoms with Crippen LogP contribution in [0.5, 0.6) is 5.75 Å². The molecule has 0 saturated heterocycles. The molecule has 0 aromatic heterocycles. The third-order valence-electron chi connectivity index (χ3n) is 2.22. The van der Waals surface area contributed by atoms with Gasteiger partial charge in [0.05, 0.1) is 25.4 Å². The first kappa shape index (κ1) is 18.2. The SMILES string of the molecule is Cc1ccccc1OP(O)O.NC(CO)(CO)CO. The van der Waals surface area contributed by atoms with Gasteiger partial charge in [-0.2, -0.15) is 0 Å². The van der Waals surface area contributed by atoms with Crippen molar-refractivity contribution in [3.05, 3.63) is 29.8 Å². The second-order valence-electron chi connectivity index (χ2n) is 3.95. The Morgan fingerprint density at radius 2 is 1.58 bits per heavy atom. The zero-order chi connectivity index (χ0) is 14.9. The van der Waals surface area contributed by atoms with Crippen molar-refractivity contribution in [3.8, 4) is 5.75 Å². The highest BCUT2D eigenvalue weighted by Gasteiger charge is 2.20. The van der Waals surface area contributed by atoms with Gasteiger partial charge >= 0.3 is 8.60 Å². The zero-order valence-corrected chi connectivity index (χ0v) is 11.5. The van der Waals surface area contributed by atoms with E-state index in [1.807, 2.05) is 19.1 Å². The molecule has 110 valence electrons. The van der Waals surface area contributed by atoms with Gasteiger partial charge in [-0.15, -0.1) is 0 Å². The van der Waals surface area contributed by atoms with Crippen molar-refractivity contribution in [2.24, 2.45) is 5.73 Å². The molecule has 1 aromatic carbocycles. The number of benzene rings is 1. The maximum absolute atomic E-state index is 8.53. The van der Waals surface area contributed by atoms with Gasteiger partial charge in [0.25, 0.3) is 0 Å². The minimum Gasteiger partial charge on any atom is -0.427 e. The lowest BCUT2D eigenvalue weighted by atomic mass is 10.1. The van der Waals surface area contributed by atoms with E-state index in [1.165, 1.54) is 0 Å². The predicted molar refractivity (Wildman–Crippen MR) is 71.3 cm³/mol. The fraction of sp³-hybridized carbons (Fsp3) is 0.455. The van der Waals surface area contributed by atoms with Crippen LogP contribution in [0.25, 0.3) is 0 Å². The maximum atomic E-state index is 8.53. The Labute approximate surface area is 112 Å². The van der Waals surface area contributed by atoms with Crippen LogP contribution in [0.3, 0.4) is 0 Å². The highest BCUT2D eigenvalue weighted by molar-refractivity contribution is 7.39. The summed E-state index contributed by atoms with van der Waals surface area (Å²) < 4.78 is 4.72. The largest absolute Gasteiger partial charge is 0.427 e. The standard InChI is InChI=1S/C7H9O3P.C4H11NO3/c1-6-4-2-3-5-7(6)10-11(8)9;5-4(1-6,2-7)3-8/h2-5,8-9H,1H3;6-8H,1-3,5H2. The second kappa shape index (κ2) is 9.17. The molecule has 0 atom stereocenters. The van der Waals surface area contributed by atoms with Gasteiger partial charge in [0.1, 0.15) is 5.75 Å². The summed E-state index contributed by atoms with van der Waals surface area (Å²) in [5.74, 6) is 0.517. The Morgan fingerprint density at radius 1 is 1.11 bits per heavy atom. The molecule has 0 bridgehead atoms. The van der Waals surface area contributed by atoms with Crippen molar-refractivity contribution in [3.63, 3.8) is 0 Å². The van der Waals surface area contributed by atoms with Crippen LogP contribution < -0.4 is 10.3 Å². The number of rotatable bonds is 5. The molecular weight excluding hydrogens is 273 g/mol. The summed E-state index contributed by atoms with van der Waals surface area (Å²) >= 11 is 0. The summed E-state index contributed by atoms with van der Waals surface area (Å²) in [5, 5.41) is 25.0. The molecule has 7 N–H and O–H groups in total. The molecule has 0 unspecified atom stereocenters. The topological polar surface area (TPSA) is 136 Å². The van der Waals surface area contributed by atoms with Crippen LogP contribution in [0.2, 0.25) is 0 Å². The lowest BCUT2D eigenvalue weighted by molar-refractivity contribution is 0.0697. The fourth-order valence-electron chi connectivity index (χ4n) is 0.897. The third kappa shape index (κ3) is 7.39. The van der Waals surface area contributed by atoms with Crippen molar-refractivity contribution in [2.75, 3.05) is 19.8 Å².